The quantitative estimate of drug-likeness (QED) is 0.327. The molecule has 0 fully saturated rings. The summed E-state index contributed by atoms with van der Waals surface area (Å²) < 4.78 is 10.4. The highest BCUT2D eigenvalue weighted by Crippen LogP contribution is 2.14. The molecule has 0 unspecified atom stereocenters. The highest BCUT2D eigenvalue weighted by Gasteiger charge is 2.29. The Hall–Kier alpha value is -0.970. The molecule has 0 spiro atoms. The van der Waals surface area contributed by atoms with Crippen molar-refractivity contribution in [3.63, 3.8) is 0 Å². The second kappa shape index (κ2) is 12.6. The molecule has 0 saturated carbocycles. The van der Waals surface area contributed by atoms with Gasteiger partial charge in [0, 0.05) is 12.9 Å². The van der Waals surface area contributed by atoms with Gasteiger partial charge in [-0.25, -0.2) is 9.59 Å². The highest BCUT2D eigenvalue weighted by atomic mass is 35.5. The minimum atomic E-state index is -0.606. The fraction of sp³-hybridized carbons (Fsp3) is 0.875. The van der Waals surface area contributed by atoms with Crippen molar-refractivity contribution >= 4 is 23.7 Å². The molecule has 0 aromatic rings. The lowest BCUT2D eigenvalue weighted by Gasteiger charge is -2.27. The first-order valence-electron chi connectivity index (χ1n) is 8.06. The predicted molar refractivity (Wildman–Crippen MR) is 88.2 cm³/mol. The Bertz CT molecular complexity index is 323. The Morgan fingerprint density at radius 2 is 1.73 bits per heavy atom. The van der Waals surface area contributed by atoms with Gasteiger partial charge in [-0.1, -0.05) is 33.6 Å². The zero-order chi connectivity index (χ0) is 17.0. The maximum Gasteiger partial charge on any atom is 0.410 e. The van der Waals surface area contributed by atoms with E-state index < -0.39 is 12.1 Å². The van der Waals surface area contributed by atoms with Crippen LogP contribution in [0.2, 0.25) is 0 Å². The summed E-state index contributed by atoms with van der Waals surface area (Å²) in [5.74, 6) is 0.346. The third-order valence-electron chi connectivity index (χ3n) is 3.22. The summed E-state index contributed by atoms with van der Waals surface area (Å²) in [5.41, 5.74) is 0. The number of halogens is 1. The molecule has 0 radical (unpaired) electrons. The Morgan fingerprint density at radius 3 is 2.27 bits per heavy atom. The minimum absolute atomic E-state index is 0.257. The van der Waals surface area contributed by atoms with Crippen LogP contribution in [0.15, 0.2) is 0 Å². The topological polar surface area (TPSA) is 55.8 Å². The van der Waals surface area contributed by atoms with Crippen LogP contribution in [0.1, 0.15) is 52.9 Å². The molecule has 0 rings (SSSR count). The Morgan fingerprint density at radius 1 is 1.09 bits per heavy atom. The normalized spacial score (nSPS) is 12.1. The number of rotatable bonds is 11. The Balaban J connectivity index is 4.52. The number of hydrogen-bond donors (Lipinski definition) is 0. The molecule has 0 aliphatic rings. The van der Waals surface area contributed by atoms with Crippen molar-refractivity contribution in [2.24, 2.45) is 5.92 Å². The lowest BCUT2D eigenvalue weighted by molar-refractivity contribution is -0.149. The average Bonchev–Trinajstić information content (AvgIpc) is 2.48. The molecule has 0 N–H and O–H groups in total. The maximum atomic E-state index is 12.2. The van der Waals surface area contributed by atoms with Crippen LogP contribution < -0.4 is 0 Å². The fourth-order valence-electron chi connectivity index (χ4n) is 1.92. The molecule has 1 amide bonds. The highest BCUT2D eigenvalue weighted by molar-refractivity contribution is 6.17. The fourth-order valence-corrected chi connectivity index (χ4v) is 2.03. The molecule has 0 heterocycles. The third-order valence-corrected chi connectivity index (χ3v) is 3.49. The molecular weight excluding hydrogens is 306 g/mol. The van der Waals surface area contributed by atoms with E-state index in [1.807, 2.05) is 13.8 Å². The summed E-state index contributed by atoms with van der Waals surface area (Å²) in [6, 6.07) is -0.606. The van der Waals surface area contributed by atoms with E-state index in [0.717, 1.165) is 19.3 Å². The van der Waals surface area contributed by atoms with Crippen molar-refractivity contribution < 1.29 is 19.1 Å². The molecule has 5 nitrogen and oxygen atoms in total. The first-order chi connectivity index (χ1) is 10.4. The standard InChI is InChI=1S/C16H30ClNO4/c1-5-6-7-10-21-15(19)14(12-13(2)3)18(4)16(20)22-11-8-9-17/h13-14H,5-12H2,1-4H3/t14-/m0/s1. The van der Waals surface area contributed by atoms with Gasteiger partial charge in [-0.2, -0.15) is 0 Å². The first-order valence-corrected chi connectivity index (χ1v) is 8.59. The van der Waals surface area contributed by atoms with E-state index in [0.29, 0.717) is 25.3 Å². The molecular formula is C16H30ClNO4. The number of carbonyl (C=O) groups excluding carboxylic acids is 2. The zero-order valence-electron chi connectivity index (χ0n) is 14.3. The largest absolute Gasteiger partial charge is 0.464 e. The van der Waals surface area contributed by atoms with Crippen LogP contribution in [0.4, 0.5) is 4.79 Å². The van der Waals surface area contributed by atoms with Gasteiger partial charge in [0.15, 0.2) is 0 Å². The summed E-state index contributed by atoms with van der Waals surface area (Å²) in [6.07, 6.45) is 3.57. The average molecular weight is 336 g/mol. The lowest BCUT2D eigenvalue weighted by Crippen LogP contribution is -2.44. The van der Waals surface area contributed by atoms with E-state index in [1.165, 1.54) is 4.90 Å². The minimum Gasteiger partial charge on any atom is -0.464 e. The molecule has 0 aliphatic carbocycles. The van der Waals surface area contributed by atoms with Crippen LogP contribution in [0.25, 0.3) is 0 Å². The van der Waals surface area contributed by atoms with Crippen LogP contribution in [0, 0.1) is 5.92 Å². The van der Waals surface area contributed by atoms with E-state index in [4.69, 9.17) is 21.1 Å². The molecule has 1 atom stereocenters. The van der Waals surface area contributed by atoms with Gasteiger partial charge < -0.3 is 9.47 Å². The molecule has 0 aromatic heterocycles. The predicted octanol–water partition coefficient (Wildman–Crippen LogP) is 3.83. The SMILES string of the molecule is CCCCCOC(=O)[C@H](CC(C)C)N(C)C(=O)OCCCCl. The first kappa shape index (κ1) is 21.0. The molecule has 0 aromatic carbocycles. The smallest absolute Gasteiger partial charge is 0.410 e. The summed E-state index contributed by atoms with van der Waals surface area (Å²) in [5, 5.41) is 0. The van der Waals surface area contributed by atoms with Crippen molar-refractivity contribution in [3.8, 4) is 0 Å². The van der Waals surface area contributed by atoms with Gasteiger partial charge in [0.25, 0.3) is 0 Å². The van der Waals surface area contributed by atoms with Gasteiger partial charge >= 0.3 is 12.1 Å². The molecule has 0 aliphatic heterocycles. The van der Waals surface area contributed by atoms with Gasteiger partial charge in [0.2, 0.25) is 0 Å². The van der Waals surface area contributed by atoms with Crippen LogP contribution in [-0.2, 0) is 14.3 Å². The van der Waals surface area contributed by atoms with Crippen molar-refractivity contribution in [2.75, 3.05) is 26.1 Å². The maximum absolute atomic E-state index is 12.2. The number of likely N-dealkylation sites (N-methyl/N-ethyl adjacent to an activating group) is 1. The molecule has 0 saturated heterocycles. The van der Waals surface area contributed by atoms with Crippen molar-refractivity contribution in [2.45, 2.75) is 58.9 Å². The van der Waals surface area contributed by atoms with Gasteiger partial charge in [0.05, 0.1) is 13.2 Å². The summed E-state index contributed by atoms with van der Waals surface area (Å²) in [6.45, 7) is 6.76. The molecule has 0 bridgehead atoms. The van der Waals surface area contributed by atoms with Gasteiger partial charge in [0.1, 0.15) is 6.04 Å². The number of hydrogen-bond acceptors (Lipinski definition) is 4. The van der Waals surface area contributed by atoms with Crippen molar-refractivity contribution in [1.82, 2.24) is 4.90 Å². The van der Waals surface area contributed by atoms with Gasteiger partial charge in [-0.05, 0) is 25.2 Å². The van der Waals surface area contributed by atoms with Crippen LogP contribution in [0.3, 0.4) is 0 Å². The van der Waals surface area contributed by atoms with E-state index in [9.17, 15) is 9.59 Å². The lowest BCUT2D eigenvalue weighted by atomic mass is 10.0. The third kappa shape index (κ3) is 9.13. The van der Waals surface area contributed by atoms with Crippen molar-refractivity contribution in [1.29, 1.82) is 0 Å². The van der Waals surface area contributed by atoms with E-state index in [1.54, 1.807) is 7.05 Å². The summed E-state index contributed by atoms with van der Waals surface area (Å²) >= 11 is 5.55. The monoisotopic (exact) mass is 335 g/mol. The number of nitrogens with zero attached hydrogens (tertiary/aromatic N) is 1. The van der Waals surface area contributed by atoms with Gasteiger partial charge in [-0.3, -0.25) is 4.90 Å². The number of amides is 1. The van der Waals surface area contributed by atoms with Crippen molar-refractivity contribution in [3.05, 3.63) is 0 Å². The second-order valence-corrected chi connectivity index (χ2v) is 6.17. The number of alkyl halides is 1. The summed E-state index contributed by atoms with van der Waals surface area (Å²) in [4.78, 5) is 25.5. The second-order valence-electron chi connectivity index (χ2n) is 5.79. The molecule has 130 valence electrons. The van der Waals surface area contributed by atoms with Crippen LogP contribution in [-0.4, -0.2) is 49.1 Å². The Labute approximate surface area is 139 Å². The number of unbranched alkanes of at least 4 members (excludes halogenated alkanes) is 2. The molecule has 22 heavy (non-hydrogen) atoms. The van der Waals surface area contributed by atoms with E-state index >= 15 is 0 Å². The zero-order valence-corrected chi connectivity index (χ0v) is 15.0. The Kier molecular flexibility index (Phi) is 12.0. The summed E-state index contributed by atoms with van der Waals surface area (Å²) in [7, 11) is 1.57. The number of ether oxygens (including phenoxy) is 2. The van der Waals surface area contributed by atoms with Crippen LogP contribution >= 0.6 is 11.6 Å². The molecule has 6 heteroatoms. The van der Waals surface area contributed by atoms with Gasteiger partial charge in [-0.15, -0.1) is 11.6 Å². The number of carbonyl (C=O) groups is 2. The van der Waals surface area contributed by atoms with Crippen LogP contribution in [0.5, 0.6) is 0 Å². The van der Waals surface area contributed by atoms with E-state index in [-0.39, 0.29) is 18.5 Å². The van der Waals surface area contributed by atoms with E-state index in [2.05, 4.69) is 6.92 Å². The number of esters is 1.